The van der Waals surface area contributed by atoms with Gasteiger partial charge in [-0.05, 0) is 18.5 Å². The van der Waals surface area contributed by atoms with Gasteiger partial charge in [0, 0.05) is 0 Å². The van der Waals surface area contributed by atoms with Crippen molar-refractivity contribution < 1.29 is 9.47 Å². The van der Waals surface area contributed by atoms with E-state index < -0.39 is 0 Å². The average Bonchev–Trinajstić information content (AvgIpc) is 2.16. The second kappa shape index (κ2) is 3.83. The predicted octanol–water partition coefficient (Wildman–Crippen LogP) is 1.34. The Balaban J connectivity index is 2.21. The van der Waals surface area contributed by atoms with Gasteiger partial charge in [-0.25, -0.2) is 4.98 Å². The highest BCUT2D eigenvalue weighted by Gasteiger charge is 2.34. The van der Waals surface area contributed by atoms with E-state index in [0.717, 1.165) is 0 Å². The molecule has 1 aliphatic rings. The molecule has 0 amide bonds. The van der Waals surface area contributed by atoms with Crippen LogP contribution in [-0.4, -0.2) is 35.8 Å². The zero-order valence-corrected chi connectivity index (χ0v) is 9.34. The van der Waals surface area contributed by atoms with Crippen molar-refractivity contribution in [1.82, 2.24) is 9.97 Å². The predicted molar refractivity (Wildman–Crippen MR) is 56.4 cm³/mol. The molecule has 1 saturated heterocycles. The maximum Gasteiger partial charge on any atom is 0.224 e. The van der Waals surface area contributed by atoms with E-state index in [1.165, 1.54) is 0 Å². The lowest BCUT2D eigenvalue weighted by molar-refractivity contribution is -0.0321. The average molecular weight is 230 g/mol. The van der Waals surface area contributed by atoms with Crippen molar-refractivity contribution in [3.05, 3.63) is 11.5 Å². The van der Waals surface area contributed by atoms with Crippen LogP contribution in [0.2, 0.25) is 5.28 Å². The first-order chi connectivity index (χ1) is 7.13. The van der Waals surface area contributed by atoms with Crippen LogP contribution in [0.25, 0.3) is 0 Å². The van der Waals surface area contributed by atoms with E-state index in [2.05, 4.69) is 15.3 Å². The van der Waals surface area contributed by atoms with Gasteiger partial charge >= 0.3 is 0 Å². The minimum Gasteiger partial charge on any atom is -0.491 e. The molecule has 6 heteroatoms. The Hall–Kier alpha value is -1.07. The third-order valence-corrected chi connectivity index (χ3v) is 2.39. The number of aromatic nitrogens is 2. The number of ether oxygens (including phenoxy) is 2. The van der Waals surface area contributed by atoms with E-state index in [1.54, 1.807) is 13.3 Å². The van der Waals surface area contributed by atoms with Crippen LogP contribution in [0.1, 0.15) is 6.92 Å². The summed E-state index contributed by atoms with van der Waals surface area (Å²) in [6.45, 7) is 3.35. The molecule has 0 unspecified atom stereocenters. The van der Waals surface area contributed by atoms with Gasteiger partial charge in [0.1, 0.15) is 0 Å². The summed E-state index contributed by atoms with van der Waals surface area (Å²) in [5.41, 5.74) is -0.0923. The van der Waals surface area contributed by atoms with Gasteiger partial charge in [-0.3, -0.25) is 0 Å². The van der Waals surface area contributed by atoms with E-state index in [9.17, 15) is 0 Å². The van der Waals surface area contributed by atoms with Gasteiger partial charge in [-0.1, -0.05) is 0 Å². The Bertz CT molecular complexity index is 368. The molecule has 0 spiro atoms. The van der Waals surface area contributed by atoms with Gasteiger partial charge in [0.15, 0.2) is 11.6 Å². The lowest BCUT2D eigenvalue weighted by Crippen LogP contribution is -2.53. The molecule has 82 valence electrons. The van der Waals surface area contributed by atoms with Crippen molar-refractivity contribution in [3.8, 4) is 5.75 Å². The quantitative estimate of drug-likeness (QED) is 0.793. The lowest BCUT2D eigenvalue weighted by atomic mass is 10.0. The second-order valence-electron chi connectivity index (χ2n) is 3.73. The van der Waals surface area contributed by atoms with Crippen LogP contribution >= 0.6 is 11.6 Å². The molecule has 0 bridgehead atoms. The topological polar surface area (TPSA) is 56.3 Å². The second-order valence-corrected chi connectivity index (χ2v) is 4.07. The number of rotatable bonds is 3. The molecule has 1 aromatic rings. The standard InChI is InChI=1S/C9H12ClN3O2/c1-9(4-15-5-9)13-7-6(14-2)3-11-8(10)12-7/h3H,4-5H2,1-2H3,(H,11,12,13). The highest BCUT2D eigenvalue weighted by atomic mass is 35.5. The molecule has 0 radical (unpaired) electrons. The minimum atomic E-state index is -0.0923. The number of hydrogen-bond donors (Lipinski definition) is 1. The zero-order chi connectivity index (χ0) is 10.9. The molecule has 1 aliphatic heterocycles. The number of methoxy groups -OCH3 is 1. The monoisotopic (exact) mass is 229 g/mol. The summed E-state index contributed by atoms with van der Waals surface area (Å²) in [7, 11) is 1.57. The van der Waals surface area contributed by atoms with Crippen molar-refractivity contribution in [2.45, 2.75) is 12.5 Å². The molecule has 2 rings (SSSR count). The summed E-state index contributed by atoms with van der Waals surface area (Å²) in [5, 5.41) is 3.43. The van der Waals surface area contributed by atoms with Crippen molar-refractivity contribution in [2.24, 2.45) is 0 Å². The number of nitrogens with zero attached hydrogens (tertiary/aromatic N) is 2. The van der Waals surface area contributed by atoms with Gasteiger partial charge in [0.2, 0.25) is 5.28 Å². The number of nitrogens with one attached hydrogen (secondary N) is 1. The van der Waals surface area contributed by atoms with Crippen LogP contribution in [0.5, 0.6) is 5.75 Å². The maximum absolute atomic E-state index is 5.71. The summed E-state index contributed by atoms with van der Waals surface area (Å²) in [6, 6.07) is 0. The van der Waals surface area contributed by atoms with Gasteiger partial charge < -0.3 is 14.8 Å². The molecule has 1 N–H and O–H groups in total. The molecular weight excluding hydrogens is 218 g/mol. The summed E-state index contributed by atoms with van der Waals surface area (Å²) in [5.74, 6) is 1.18. The molecule has 1 aromatic heterocycles. The molecule has 0 atom stereocenters. The molecule has 5 nitrogen and oxygen atoms in total. The van der Waals surface area contributed by atoms with Crippen LogP contribution in [0.4, 0.5) is 5.82 Å². The Labute approximate surface area is 92.8 Å². The van der Waals surface area contributed by atoms with Crippen LogP contribution in [0, 0.1) is 0 Å². The van der Waals surface area contributed by atoms with E-state index >= 15 is 0 Å². The zero-order valence-electron chi connectivity index (χ0n) is 8.58. The smallest absolute Gasteiger partial charge is 0.224 e. The molecule has 15 heavy (non-hydrogen) atoms. The summed E-state index contributed by atoms with van der Waals surface area (Å²) >= 11 is 5.71. The Morgan fingerprint density at radius 2 is 2.33 bits per heavy atom. The maximum atomic E-state index is 5.71. The summed E-state index contributed by atoms with van der Waals surface area (Å²) in [4.78, 5) is 7.92. The van der Waals surface area contributed by atoms with Crippen molar-refractivity contribution in [1.29, 1.82) is 0 Å². The normalized spacial score (nSPS) is 18.1. The third-order valence-electron chi connectivity index (χ3n) is 2.21. The lowest BCUT2D eigenvalue weighted by Gasteiger charge is -2.39. The fourth-order valence-electron chi connectivity index (χ4n) is 1.35. The minimum absolute atomic E-state index is 0.0923. The SMILES string of the molecule is COc1cnc(Cl)nc1NC1(C)COC1. The highest BCUT2D eigenvalue weighted by Crippen LogP contribution is 2.28. The van der Waals surface area contributed by atoms with E-state index in [0.29, 0.717) is 24.8 Å². The van der Waals surface area contributed by atoms with E-state index in [-0.39, 0.29) is 10.8 Å². The first-order valence-corrected chi connectivity index (χ1v) is 4.93. The Kier molecular flexibility index (Phi) is 2.67. The first kappa shape index (κ1) is 10.4. The van der Waals surface area contributed by atoms with Crippen LogP contribution < -0.4 is 10.1 Å². The molecule has 0 saturated carbocycles. The fraction of sp³-hybridized carbons (Fsp3) is 0.556. The van der Waals surface area contributed by atoms with Crippen molar-refractivity contribution in [2.75, 3.05) is 25.6 Å². The van der Waals surface area contributed by atoms with Crippen molar-refractivity contribution >= 4 is 17.4 Å². The summed E-state index contributed by atoms with van der Waals surface area (Å²) < 4.78 is 10.3. The van der Waals surface area contributed by atoms with Gasteiger partial charge in [-0.15, -0.1) is 0 Å². The van der Waals surface area contributed by atoms with Crippen LogP contribution in [0.3, 0.4) is 0 Å². The van der Waals surface area contributed by atoms with Crippen LogP contribution in [-0.2, 0) is 4.74 Å². The molecule has 1 fully saturated rings. The van der Waals surface area contributed by atoms with E-state index in [4.69, 9.17) is 21.1 Å². The fourth-order valence-corrected chi connectivity index (χ4v) is 1.49. The van der Waals surface area contributed by atoms with Gasteiger partial charge in [0.25, 0.3) is 0 Å². The van der Waals surface area contributed by atoms with Gasteiger partial charge in [-0.2, -0.15) is 4.98 Å². The Morgan fingerprint density at radius 3 is 2.87 bits per heavy atom. The third kappa shape index (κ3) is 2.13. The van der Waals surface area contributed by atoms with Crippen molar-refractivity contribution in [3.63, 3.8) is 0 Å². The molecule has 2 heterocycles. The number of anilines is 1. The highest BCUT2D eigenvalue weighted by molar-refractivity contribution is 6.28. The first-order valence-electron chi connectivity index (χ1n) is 4.55. The molecular formula is C9H12ClN3O2. The summed E-state index contributed by atoms with van der Waals surface area (Å²) in [6.07, 6.45) is 1.54. The Morgan fingerprint density at radius 1 is 1.60 bits per heavy atom. The van der Waals surface area contributed by atoms with Gasteiger partial charge in [0.05, 0.1) is 32.1 Å². The number of hydrogen-bond acceptors (Lipinski definition) is 5. The van der Waals surface area contributed by atoms with E-state index in [1.807, 2.05) is 6.92 Å². The number of halogens is 1. The molecule has 0 aliphatic carbocycles. The van der Waals surface area contributed by atoms with Crippen LogP contribution in [0.15, 0.2) is 6.20 Å². The molecule has 0 aromatic carbocycles. The largest absolute Gasteiger partial charge is 0.491 e.